The molecule has 1 aliphatic rings. The summed E-state index contributed by atoms with van der Waals surface area (Å²) in [5, 5.41) is 5.71. The quantitative estimate of drug-likeness (QED) is 0.908. The fourth-order valence-electron chi connectivity index (χ4n) is 2.51. The van der Waals surface area contributed by atoms with Crippen molar-refractivity contribution in [3.8, 4) is 0 Å². The molecule has 1 saturated heterocycles. The third-order valence-electron chi connectivity index (χ3n) is 3.69. The topological polar surface area (TPSA) is 41.6 Å². The molecule has 1 atom stereocenters. The van der Waals surface area contributed by atoms with Gasteiger partial charge in [0.05, 0.1) is 4.34 Å². The summed E-state index contributed by atoms with van der Waals surface area (Å²) in [4.78, 5) is 13.6. The Balaban J connectivity index is 1.78. The highest BCUT2D eigenvalue weighted by molar-refractivity contribution is 7.14. The van der Waals surface area contributed by atoms with Crippen molar-refractivity contribution >= 4 is 28.8 Å². The van der Waals surface area contributed by atoms with Crippen molar-refractivity contribution in [3.63, 3.8) is 0 Å². The maximum Gasteiger partial charge on any atom is 0.248 e. The summed E-state index contributed by atoms with van der Waals surface area (Å²) in [5.41, 5.74) is 1.23. The zero-order valence-corrected chi connectivity index (χ0v) is 13.5. The van der Waals surface area contributed by atoms with E-state index in [4.69, 9.17) is 16.3 Å². The van der Waals surface area contributed by atoms with E-state index < -0.39 is 0 Å². The lowest BCUT2D eigenvalue weighted by molar-refractivity contribution is -0.136. The zero-order valence-electron chi connectivity index (χ0n) is 11.9. The van der Waals surface area contributed by atoms with E-state index in [-0.39, 0.29) is 12.5 Å². The lowest BCUT2D eigenvalue weighted by atomic mass is 10.0. The average molecular weight is 317 g/mol. The van der Waals surface area contributed by atoms with E-state index in [9.17, 15) is 4.79 Å². The van der Waals surface area contributed by atoms with Gasteiger partial charge in [-0.1, -0.05) is 11.6 Å². The number of rotatable bonds is 5. The largest absolute Gasteiger partial charge is 0.375 e. The number of amides is 1. The molecule has 20 heavy (non-hydrogen) atoms. The summed E-state index contributed by atoms with van der Waals surface area (Å²) in [7, 11) is 1.56. The van der Waals surface area contributed by atoms with E-state index >= 15 is 0 Å². The summed E-state index contributed by atoms with van der Waals surface area (Å²) in [6.45, 7) is 3.94. The van der Waals surface area contributed by atoms with Crippen molar-refractivity contribution in [1.82, 2.24) is 10.2 Å². The number of thiophene rings is 1. The van der Waals surface area contributed by atoms with Gasteiger partial charge in [0.2, 0.25) is 5.91 Å². The van der Waals surface area contributed by atoms with Crippen LogP contribution < -0.4 is 5.32 Å². The molecule has 1 fully saturated rings. The molecule has 1 N–H and O–H groups in total. The second-order valence-electron chi connectivity index (χ2n) is 5.16. The third kappa shape index (κ3) is 4.19. The van der Waals surface area contributed by atoms with Crippen molar-refractivity contribution in [2.75, 3.05) is 26.8 Å². The average Bonchev–Trinajstić information content (AvgIpc) is 2.86. The monoisotopic (exact) mass is 316 g/mol. The highest BCUT2D eigenvalue weighted by atomic mass is 35.5. The number of nitrogens with one attached hydrogen (secondary N) is 1. The van der Waals surface area contributed by atoms with E-state index in [0.717, 1.165) is 30.3 Å². The van der Waals surface area contributed by atoms with Gasteiger partial charge in [-0.25, -0.2) is 0 Å². The van der Waals surface area contributed by atoms with Crippen LogP contribution in [0.1, 0.15) is 31.4 Å². The van der Waals surface area contributed by atoms with Crippen molar-refractivity contribution in [3.05, 3.63) is 21.3 Å². The number of hydrogen-bond acceptors (Lipinski definition) is 4. The van der Waals surface area contributed by atoms with E-state index in [1.165, 1.54) is 5.56 Å². The second-order valence-corrected chi connectivity index (χ2v) is 6.70. The molecular formula is C14H21ClN2O2S. The highest BCUT2D eigenvalue weighted by Crippen LogP contribution is 2.25. The summed E-state index contributed by atoms with van der Waals surface area (Å²) >= 11 is 7.53. The molecular weight excluding hydrogens is 296 g/mol. The molecule has 1 amide bonds. The molecule has 2 heterocycles. The predicted molar refractivity (Wildman–Crippen MR) is 82.4 cm³/mol. The number of carbonyl (C=O) groups excluding carboxylic acids is 1. The number of ether oxygens (including phenoxy) is 1. The number of likely N-dealkylation sites (tertiary alicyclic amines) is 1. The smallest absolute Gasteiger partial charge is 0.248 e. The number of hydrogen-bond donors (Lipinski definition) is 1. The summed E-state index contributed by atoms with van der Waals surface area (Å²) in [6, 6.07) is 2.77. The van der Waals surface area contributed by atoms with Gasteiger partial charge in [0.25, 0.3) is 0 Å². The summed E-state index contributed by atoms with van der Waals surface area (Å²) < 4.78 is 5.72. The van der Waals surface area contributed by atoms with Crippen LogP contribution in [0.2, 0.25) is 4.34 Å². The predicted octanol–water partition coefficient (Wildman–Crippen LogP) is 2.69. The van der Waals surface area contributed by atoms with Crippen LogP contribution in [0, 0.1) is 0 Å². The van der Waals surface area contributed by atoms with Crippen LogP contribution in [0.3, 0.4) is 0 Å². The minimum atomic E-state index is 0.0867. The molecule has 0 bridgehead atoms. The molecule has 1 aromatic heterocycles. The Bertz CT molecular complexity index is 444. The number of methoxy groups -OCH3 is 1. The van der Waals surface area contributed by atoms with Crippen LogP contribution in [-0.2, 0) is 9.53 Å². The van der Waals surface area contributed by atoms with Gasteiger partial charge < -0.3 is 15.0 Å². The van der Waals surface area contributed by atoms with Crippen molar-refractivity contribution in [1.29, 1.82) is 0 Å². The molecule has 6 heteroatoms. The van der Waals surface area contributed by atoms with Gasteiger partial charge in [-0.05, 0) is 36.8 Å². The number of nitrogens with zero attached hydrogens (tertiary/aromatic N) is 1. The van der Waals surface area contributed by atoms with E-state index in [1.807, 2.05) is 11.0 Å². The van der Waals surface area contributed by atoms with Crippen molar-refractivity contribution in [2.45, 2.75) is 31.8 Å². The molecule has 0 aromatic carbocycles. The number of halogens is 1. The first-order valence-corrected chi connectivity index (χ1v) is 8.12. The van der Waals surface area contributed by atoms with Crippen LogP contribution in [0.15, 0.2) is 11.4 Å². The molecule has 1 aromatic rings. The van der Waals surface area contributed by atoms with Gasteiger partial charge in [-0.15, -0.1) is 11.3 Å². The number of carbonyl (C=O) groups is 1. The molecule has 2 rings (SSSR count). The molecule has 0 radical (unpaired) electrons. The fraction of sp³-hybridized carbons (Fsp3) is 0.643. The first-order chi connectivity index (χ1) is 9.60. The Hall–Kier alpha value is -0.620. The lowest BCUT2D eigenvalue weighted by Crippen LogP contribution is -2.46. The van der Waals surface area contributed by atoms with Gasteiger partial charge >= 0.3 is 0 Å². The Morgan fingerprint density at radius 2 is 2.30 bits per heavy atom. The Kier molecular flexibility index (Phi) is 5.84. The van der Waals surface area contributed by atoms with E-state index in [1.54, 1.807) is 18.4 Å². The van der Waals surface area contributed by atoms with E-state index in [2.05, 4.69) is 17.6 Å². The fourth-order valence-corrected chi connectivity index (χ4v) is 3.50. The molecule has 1 aliphatic heterocycles. The second kappa shape index (κ2) is 7.41. The maximum absolute atomic E-state index is 11.7. The van der Waals surface area contributed by atoms with Crippen LogP contribution in [-0.4, -0.2) is 43.7 Å². The maximum atomic E-state index is 11.7. The van der Waals surface area contributed by atoms with Gasteiger partial charge in [-0.3, -0.25) is 4.79 Å². The third-order valence-corrected chi connectivity index (χ3v) is 4.80. The molecule has 112 valence electrons. The zero-order chi connectivity index (χ0) is 14.5. The normalized spacial score (nSPS) is 18.2. The van der Waals surface area contributed by atoms with Crippen molar-refractivity contribution in [2.24, 2.45) is 0 Å². The Labute approximate surface area is 129 Å². The van der Waals surface area contributed by atoms with E-state index in [0.29, 0.717) is 12.1 Å². The standard InChI is InChI=1S/C14H21ClN2O2S/c1-10(11-7-13(15)20-9-11)16-12-3-5-17(6-4-12)14(18)8-19-2/h7,9-10,12,16H,3-6,8H2,1-2H3. The number of piperidine rings is 1. The molecule has 0 spiro atoms. The summed E-state index contributed by atoms with van der Waals surface area (Å²) in [5.74, 6) is 0.0867. The molecule has 4 nitrogen and oxygen atoms in total. The van der Waals surface area contributed by atoms with Gasteiger partial charge in [0.15, 0.2) is 0 Å². The summed E-state index contributed by atoms with van der Waals surface area (Å²) in [6.07, 6.45) is 1.97. The first-order valence-electron chi connectivity index (χ1n) is 6.87. The van der Waals surface area contributed by atoms with Gasteiger partial charge in [0, 0.05) is 32.3 Å². The van der Waals surface area contributed by atoms with Crippen LogP contribution in [0.25, 0.3) is 0 Å². The minimum absolute atomic E-state index is 0.0867. The first kappa shape index (κ1) is 15.8. The van der Waals surface area contributed by atoms with Crippen molar-refractivity contribution < 1.29 is 9.53 Å². The van der Waals surface area contributed by atoms with Crippen LogP contribution in [0.5, 0.6) is 0 Å². The van der Waals surface area contributed by atoms with Crippen LogP contribution in [0.4, 0.5) is 0 Å². The van der Waals surface area contributed by atoms with Gasteiger partial charge in [-0.2, -0.15) is 0 Å². The lowest BCUT2D eigenvalue weighted by Gasteiger charge is -2.33. The SMILES string of the molecule is COCC(=O)N1CCC(NC(C)c2csc(Cl)c2)CC1. The molecule has 0 aliphatic carbocycles. The van der Waals surface area contributed by atoms with Crippen LogP contribution >= 0.6 is 22.9 Å². The van der Waals surface area contributed by atoms with Gasteiger partial charge in [0.1, 0.15) is 6.61 Å². The Morgan fingerprint density at radius 1 is 1.60 bits per heavy atom. The minimum Gasteiger partial charge on any atom is -0.375 e. The molecule has 1 unspecified atom stereocenters. The molecule has 0 saturated carbocycles. The Morgan fingerprint density at radius 3 is 2.85 bits per heavy atom. The highest BCUT2D eigenvalue weighted by Gasteiger charge is 2.23.